The fourth-order valence-electron chi connectivity index (χ4n) is 3.04. The van der Waals surface area contributed by atoms with Crippen molar-refractivity contribution < 1.29 is 9.47 Å². The van der Waals surface area contributed by atoms with Crippen molar-refractivity contribution in [3.63, 3.8) is 0 Å². The van der Waals surface area contributed by atoms with Crippen LogP contribution in [0, 0.1) is 0 Å². The summed E-state index contributed by atoms with van der Waals surface area (Å²) >= 11 is 0. The Morgan fingerprint density at radius 3 is 1.31 bits per heavy atom. The van der Waals surface area contributed by atoms with Gasteiger partial charge in [0.25, 0.3) is 0 Å². The fourth-order valence-corrected chi connectivity index (χ4v) is 3.04. The number of nitrogens with one attached hydrogen (secondary N) is 1. The van der Waals surface area contributed by atoms with E-state index in [0.29, 0.717) is 0 Å². The molecule has 0 radical (unpaired) electrons. The van der Waals surface area contributed by atoms with Crippen molar-refractivity contribution >= 4 is 0 Å². The van der Waals surface area contributed by atoms with Crippen LogP contribution in [0.15, 0.2) is 109 Å². The minimum absolute atomic E-state index is 0.760. The number of rotatable bonds is 8. The van der Waals surface area contributed by atoms with Crippen LogP contribution in [-0.2, 0) is 13.1 Å². The van der Waals surface area contributed by atoms with E-state index in [0.717, 1.165) is 36.1 Å². The molecule has 1 N–H and O–H groups in total. The van der Waals surface area contributed by atoms with Gasteiger partial charge in [0.15, 0.2) is 0 Å². The van der Waals surface area contributed by atoms with Crippen molar-refractivity contribution in [1.29, 1.82) is 0 Å². The minimum Gasteiger partial charge on any atom is -0.457 e. The first-order valence-corrected chi connectivity index (χ1v) is 9.69. The molecule has 3 heteroatoms. The van der Waals surface area contributed by atoms with E-state index in [-0.39, 0.29) is 0 Å². The van der Waals surface area contributed by atoms with Gasteiger partial charge >= 0.3 is 0 Å². The zero-order valence-corrected chi connectivity index (χ0v) is 16.1. The van der Waals surface area contributed by atoms with Crippen molar-refractivity contribution in [3.8, 4) is 23.0 Å². The molecule has 0 unspecified atom stereocenters. The first kappa shape index (κ1) is 18.8. The smallest absolute Gasteiger partial charge is 0.127 e. The molecule has 4 aromatic rings. The van der Waals surface area contributed by atoms with Gasteiger partial charge in [-0.05, 0) is 59.7 Å². The Hall–Kier alpha value is -3.56. The Bertz CT molecular complexity index is 948. The molecular formula is C26H23NO2. The Kier molecular flexibility index (Phi) is 6.21. The maximum atomic E-state index is 5.91. The van der Waals surface area contributed by atoms with E-state index < -0.39 is 0 Å². The summed E-state index contributed by atoms with van der Waals surface area (Å²) in [5, 5.41) is 3.49. The zero-order valence-electron chi connectivity index (χ0n) is 16.1. The third-order valence-electron chi connectivity index (χ3n) is 4.41. The molecule has 0 aliphatic heterocycles. The summed E-state index contributed by atoms with van der Waals surface area (Å²) in [6.07, 6.45) is 0. The molecule has 0 saturated carbocycles. The van der Waals surface area contributed by atoms with Crippen LogP contribution < -0.4 is 14.8 Å². The highest BCUT2D eigenvalue weighted by atomic mass is 16.5. The van der Waals surface area contributed by atoms with Gasteiger partial charge < -0.3 is 14.8 Å². The van der Waals surface area contributed by atoms with Crippen LogP contribution in [-0.4, -0.2) is 0 Å². The van der Waals surface area contributed by atoms with Gasteiger partial charge in [-0.25, -0.2) is 0 Å². The van der Waals surface area contributed by atoms with Crippen molar-refractivity contribution in [2.24, 2.45) is 0 Å². The standard InChI is InChI=1S/C26H23NO2/c1-3-11-23(12-4-1)28-25-15-7-9-21(17-25)19-27-20-22-10-8-16-26(18-22)29-24-13-5-2-6-14-24/h1-18,27H,19-20H2. The number of hydrogen-bond donors (Lipinski definition) is 1. The molecule has 0 saturated heterocycles. The van der Waals surface area contributed by atoms with Gasteiger partial charge in [-0.1, -0.05) is 60.7 Å². The van der Waals surface area contributed by atoms with Gasteiger partial charge in [0, 0.05) is 13.1 Å². The van der Waals surface area contributed by atoms with E-state index >= 15 is 0 Å². The van der Waals surface area contributed by atoms with Crippen LogP contribution >= 0.6 is 0 Å². The SMILES string of the molecule is c1ccc(Oc2cccc(CNCc3cccc(Oc4ccccc4)c3)c2)cc1. The third kappa shape index (κ3) is 5.71. The zero-order chi connectivity index (χ0) is 19.7. The molecule has 29 heavy (non-hydrogen) atoms. The Morgan fingerprint density at radius 2 is 0.862 bits per heavy atom. The van der Waals surface area contributed by atoms with Gasteiger partial charge in [-0.3, -0.25) is 0 Å². The number of benzene rings is 4. The van der Waals surface area contributed by atoms with Crippen molar-refractivity contribution in [1.82, 2.24) is 5.32 Å². The van der Waals surface area contributed by atoms with Crippen molar-refractivity contribution in [3.05, 3.63) is 120 Å². The largest absolute Gasteiger partial charge is 0.457 e. The highest BCUT2D eigenvalue weighted by Gasteiger charge is 2.01. The van der Waals surface area contributed by atoms with Gasteiger partial charge in [-0.2, -0.15) is 0 Å². The van der Waals surface area contributed by atoms with Gasteiger partial charge in [0.05, 0.1) is 0 Å². The van der Waals surface area contributed by atoms with Crippen LogP contribution in [0.5, 0.6) is 23.0 Å². The van der Waals surface area contributed by atoms with Gasteiger partial charge in [0.2, 0.25) is 0 Å². The normalized spacial score (nSPS) is 10.5. The van der Waals surface area contributed by atoms with E-state index in [2.05, 4.69) is 29.6 Å². The predicted octanol–water partition coefficient (Wildman–Crippen LogP) is 6.56. The summed E-state index contributed by atoms with van der Waals surface area (Å²) in [4.78, 5) is 0. The first-order valence-electron chi connectivity index (χ1n) is 9.69. The second kappa shape index (κ2) is 9.58. The molecule has 0 aliphatic carbocycles. The molecule has 0 fully saturated rings. The molecule has 0 aromatic heterocycles. The summed E-state index contributed by atoms with van der Waals surface area (Å²) in [5.41, 5.74) is 2.35. The molecule has 4 rings (SSSR count). The average Bonchev–Trinajstić information content (AvgIpc) is 2.76. The highest BCUT2D eigenvalue weighted by molar-refractivity contribution is 5.35. The molecule has 0 heterocycles. The molecule has 144 valence electrons. The number of ether oxygens (including phenoxy) is 2. The lowest BCUT2D eigenvalue weighted by Crippen LogP contribution is -2.12. The third-order valence-corrected chi connectivity index (χ3v) is 4.41. The second-order valence-electron chi connectivity index (χ2n) is 6.73. The lowest BCUT2D eigenvalue weighted by molar-refractivity contribution is 0.481. The van der Waals surface area contributed by atoms with Crippen LogP contribution in [0.3, 0.4) is 0 Å². The highest BCUT2D eigenvalue weighted by Crippen LogP contribution is 2.23. The van der Waals surface area contributed by atoms with Crippen molar-refractivity contribution in [2.45, 2.75) is 13.1 Å². The number of hydrogen-bond acceptors (Lipinski definition) is 3. The van der Waals surface area contributed by atoms with Crippen LogP contribution in [0.1, 0.15) is 11.1 Å². The second-order valence-corrected chi connectivity index (χ2v) is 6.73. The van der Waals surface area contributed by atoms with E-state index in [1.54, 1.807) is 0 Å². The summed E-state index contributed by atoms with van der Waals surface area (Å²) in [7, 11) is 0. The predicted molar refractivity (Wildman–Crippen MR) is 116 cm³/mol. The lowest BCUT2D eigenvalue weighted by Gasteiger charge is -2.10. The van der Waals surface area contributed by atoms with E-state index in [9.17, 15) is 0 Å². The minimum atomic E-state index is 0.760. The monoisotopic (exact) mass is 381 g/mol. The van der Waals surface area contributed by atoms with Crippen molar-refractivity contribution in [2.75, 3.05) is 0 Å². The quantitative estimate of drug-likeness (QED) is 0.375. The summed E-state index contributed by atoms with van der Waals surface area (Å²) in [6, 6.07) is 36.0. The maximum Gasteiger partial charge on any atom is 0.127 e. The maximum absolute atomic E-state index is 5.91. The summed E-state index contributed by atoms with van der Waals surface area (Å²) in [6.45, 7) is 1.52. The van der Waals surface area contributed by atoms with Gasteiger partial charge in [0.1, 0.15) is 23.0 Å². The summed E-state index contributed by atoms with van der Waals surface area (Å²) < 4.78 is 11.8. The topological polar surface area (TPSA) is 30.5 Å². The Labute approximate surface area is 171 Å². The van der Waals surface area contributed by atoms with E-state index in [1.165, 1.54) is 11.1 Å². The molecule has 0 amide bonds. The van der Waals surface area contributed by atoms with Gasteiger partial charge in [-0.15, -0.1) is 0 Å². The van der Waals surface area contributed by atoms with Crippen LogP contribution in [0.2, 0.25) is 0 Å². The number of para-hydroxylation sites is 2. The Balaban J connectivity index is 1.32. The summed E-state index contributed by atoms with van der Waals surface area (Å²) in [5.74, 6) is 3.36. The molecule has 3 nitrogen and oxygen atoms in total. The molecular weight excluding hydrogens is 358 g/mol. The molecule has 0 bridgehead atoms. The molecule has 0 atom stereocenters. The molecule has 0 spiro atoms. The van der Waals surface area contributed by atoms with E-state index in [1.807, 2.05) is 84.9 Å². The van der Waals surface area contributed by atoms with Crippen LogP contribution in [0.4, 0.5) is 0 Å². The lowest BCUT2D eigenvalue weighted by atomic mass is 10.2. The fraction of sp³-hybridized carbons (Fsp3) is 0.0769. The van der Waals surface area contributed by atoms with Crippen LogP contribution in [0.25, 0.3) is 0 Å². The molecule has 4 aromatic carbocycles. The first-order chi connectivity index (χ1) is 14.3. The van der Waals surface area contributed by atoms with E-state index in [4.69, 9.17) is 9.47 Å². The molecule has 0 aliphatic rings. The average molecular weight is 381 g/mol. The Morgan fingerprint density at radius 1 is 0.448 bits per heavy atom.